The highest BCUT2D eigenvalue weighted by Crippen LogP contribution is 2.26. The summed E-state index contributed by atoms with van der Waals surface area (Å²) in [7, 11) is -2.87. The maximum atomic E-state index is 12.8. The topological polar surface area (TPSA) is 133 Å². The summed E-state index contributed by atoms with van der Waals surface area (Å²) >= 11 is 0. The zero-order valence-electron chi connectivity index (χ0n) is 13.6. The van der Waals surface area contributed by atoms with Crippen LogP contribution < -0.4 is 16.2 Å². The van der Waals surface area contributed by atoms with Crippen LogP contribution in [-0.2, 0) is 21.1 Å². The quantitative estimate of drug-likeness (QED) is 0.602. The molecule has 0 heterocycles. The third-order valence-corrected chi connectivity index (χ3v) is 5.93. The van der Waals surface area contributed by atoms with Crippen LogP contribution in [0.3, 0.4) is 0 Å². The van der Waals surface area contributed by atoms with Crippen LogP contribution in [0.5, 0.6) is 5.75 Å². The van der Waals surface area contributed by atoms with Crippen molar-refractivity contribution in [1.82, 2.24) is 0 Å². The maximum Gasteiger partial charge on any atom is 0.240 e. The number of carbonyl (C=O) groups is 1. The maximum absolute atomic E-state index is 12.8. The number of rotatable bonds is 7. The molecule has 2 atom stereocenters. The summed E-state index contributed by atoms with van der Waals surface area (Å²) in [5.74, 6) is -0.779. The lowest BCUT2D eigenvalue weighted by atomic mass is 9.99. The SMILES string of the molecule is COc1ccc(S(=O)(=O)C(C(N)=O)C(N)(O)Cc2ccccc2)cc1. The lowest BCUT2D eigenvalue weighted by molar-refractivity contribution is -0.122. The number of ether oxygens (including phenoxy) is 1. The van der Waals surface area contributed by atoms with E-state index in [1.165, 1.54) is 31.4 Å². The molecule has 0 saturated carbocycles. The van der Waals surface area contributed by atoms with Crippen molar-refractivity contribution in [3.63, 3.8) is 0 Å². The van der Waals surface area contributed by atoms with Gasteiger partial charge in [0.25, 0.3) is 0 Å². The minimum atomic E-state index is -4.31. The van der Waals surface area contributed by atoms with Crippen molar-refractivity contribution in [2.45, 2.75) is 22.3 Å². The molecule has 0 aliphatic rings. The van der Waals surface area contributed by atoms with Crippen molar-refractivity contribution < 1.29 is 23.1 Å². The van der Waals surface area contributed by atoms with Crippen LogP contribution in [0.15, 0.2) is 59.5 Å². The van der Waals surface area contributed by atoms with Crippen molar-refractivity contribution in [3.05, 3.63) is 60.2 Å². The van der Waals surface area contributed by atoms with E-state index in [1.807, 2.05) is 0 Å². The molecule has 0 saturated heterocycles. The predicted molar refractivity (Wildman–Crippen MR) is 92.4 cm³/mol. The largest absolute Gasteiger partial charge is 0.497 e. The number of hydrogen-bond donors (Lipinski definition) is 3. The normalized spacial score (nSPS) is 15.2. The molecule has 0 radical (unpaired) electrons. The summed E-state index contributed by atoms with van der Waals surface area (Å²) in [6.45, 7) is 0. The highest BCUT2D eigenvalue weighted by molar-refractivity contribution is 7.93. The Balaban J connectivity index is 2.42. The van der Waals surface area contributed by atoms with E-state index in [9.17, 15) is 18.3 Å². The fourth-order valence-electron chi connectivity index (χ4n) is 2.58. The molecule has 134 valence electrons. The summed E-state index contributed by atoms with van der Waals surface area (Å²) in [5.41, 5.74) is 9.30. The Labute approximate surface area is 146 Å². The summed E-state index contributed by atoms with van der Waals surface area (Å²) in [5, 5.41) is 8.56. The third-order valence-electron chi connectivity index (χ3n) is 3.74. The van der Waals surface area contributed by atoms with Crippen molar-refractivity contribution in [2.24, 2.45) is 11.5 Å². The van der Waals surface area contributed by atoms with Gasteiger partial charge in [0.15, 0.2) is 15.1 Å². The van der Waals surface area contributed by atoms with Gasteiger partial charge in [-0.2, -0.15) is 0 Å². The van der Waals surface area contributed by atoms with E-state index in [0.717, 1.165) is 0 Å². The first-order valence-electron chi connectivity index (χ1n) is 7.41. The van der Waals surface area contributed by atoms with Crippen LogP contribution >= 0.6 is 0 Å². The molecule has 0 aromatic heterocycles. The first kappa shape index (κ1) is 18.9. The van der Waals surface area contributed by atoms with E-state index >= 15 is 0 Å². The summed E-state index contributed by atoms with van der Waals surface area (Å²) in [6, 6.07) is 13.9. The Morgan fingerprint density at radius 1 is 1.16 bits per heavy atom. The summed E-state index contributed by atoms with van der Waals surface area (Å²) in [4.78, 5) is 11.7. The monoisotopic (exact) mass is 364 g/mol. The molecule has 2 aromatic carbocycles. The molecule has 1 amide bonds. The number of carbonyl (C=O) groups excluding carboxylic acids is 1. The Bertz CT molecular complexity index is 833. The number of amides is 1. The van der Waals surface area contributed by atoms with E-state index in [4.69, 9.17) is 16.2 Å². The highest BCUT2D eigenvalue weighted by Gasteiger charge is 2.47. The first-order chi connectivity index (χ1) is 11.7. The van der Waals surface area contributed by atoms with Gasteiger partial charge in [0.1, 0.15) is 11.5 Å². The van der Waals surface area contributed by atoms with Crippen molar-refractivity contribution in [1.29, 1.82) is 0 Å². The lowest BCUT2D eigenvalue weighted by Crippen LogP contribution is -2.61. The van der Waals surface area contributed by atoms with E-state index in [1.54, 1.807) is 30.3 Å². The van der Waals surface area contributed by atoms with Gasteiger partial charge in [0, 0.05) is 6.42 Å². The second-order valence-electron chi connectivity index (χ2n) is 5.66. The van der Waals surface area contributed by atoms with Crippen LogP contribution in [0.25, 0.3) is 0 Å². The van der Waals surface area contributed by atoms with Gasteiger partial charge in [-0.15, -0.1) is 0 Å². The third kappa shape index (κ3) is 4.16. The molecule has 2 aromatic rings. The number of nitrogens with two attached hydrogens (primary N) is 2. The summed E-state index contributed by atoms with van der Waals surface area (Å²) < 4.78 is 30.6. The van der Waals surface area contributed by atoms with Gasteiger partial charge >= 0.3 is 0 Å². The fourth-order valence-corrected chi connectivity index (χ4v) is 4.30. The fraction of sp³-hybridized carbons (Fsp3) is 0.235. The zero-order chi connectivity index (χ0) is 18.7. The summed E-state index contributed by atoms with van der Waals surface area (Å²) in [6.07, 6.45) is -0.253. The number of methoxy groups -OCH3 is 1. The molecule has 0 aliphatic carbocycles. The zero-order valence-corrected chi connectivity index (χ0v) is 14.4. The van der Waals surface area contributed by atoms with Crippen LogP contribution in [0, 0.1) is 0 Å². The van der Waals surface area contributed by atoms with Crippen LogP contribution in [0.4, 0.5) is 0 Å². The molecule has 7 nitrogen and oxygen atoms in total. The molecule has 0 spiro atoms. The second kappa shape index (κ2) is 7.22. The van der Waals surface area contributed by atoms with Gasteiger partial charge < -0.3 is 21.3 Å². The van der Waals surface area contributed by atoms with Crippen LogP contribution in [0.1, 0.15) is 5.56 Å². The number of sulfone groups is 1. The van der Waals surface area contributed by atoms with Gasteiger partial charge in [-0.05, 0) is 29.8 Å². The molecular formula is C17H20N2O5S. The molecule has 2 rings (SSSR count). The minimum absolute atomic E-state index is 0.186. The molecular weight excluding hydrogens is 344 g/mol. The standard InChI is InChI=1S/C17H20N2O5S/c1-24-13-7-9-14(10-8-13)25(22,23)15(16(18)20)17(19,21)11-12-5-3-2-4-6-12/h2-10,15,21H,11,19H2,1H3,(H2,18,20). The number of aliphatic hydroxyl groups is 1. The van der Waals surface area contributed by atoms with Crippen LogP contribution in [-0.4, -0.2) is 37.5 Å². The molecule has 0 bridgehead atoms. The number of primary amides is 1. The smallest absolute Gasteiger partial charge is 0.240 e. The number of benzene rings is 2. The molecule has 2 unspecified atom stereocenters. The molecule has 0 aliphatic heterocycles. The minimum Gasteiger partial charge on any atom is -0.497 e. The van der Waals surface area contributed by atoms with E-state index in [2.05, 4.69) is 0 Å². The Kier molecular flexibility index (Phi) is 5.46. The predicted octanol–water partition coefficient (Wildman–Crippen LogP) is 0.213. The van der Waals surface area contributed by atoms with Crippen molar-refractivity contribution in [2.75, 3.05) is 7.11 Å². The van der Waals surface area contributed by atoms with Crippen LogP contribution in [0.2, 0.25) is 0 Å². The van der Waals surface area contributed by atoms with Gasteiger partial charge in [-0.25, -0.2) is 8.42 Å². The van der Waals surface area contributed by atoms with E-state index in [0.29, 0.717) is 11.3 Å². The number of hydrogen-bond acceptors (Lipinski definition) is 6. The van der Waals surface area contributed by atoms with Crippen molar-refractivity contribution >= 4 is 15.7 Å². The van der Waals surface area contributed by atoms with E-state index in [-0.39, 0.29) is 11.3 Å². The highest BCUT2D eigenvalue weighted by atomic mass is 32.2. The average molecular weight is 364 g/mol. The van der Waals surface area contributed by atoms with E-state index < -0.39 is 26.7 Å². The second-order valence-corrected chi connectivity index (χ2v) is 7.69. The van der Waals surface area contributed by atoms with Crippen molar-refractivity contribution in [3.8, 4) is 5.75 Å². The first-order valence-corrected chi connectivity index (χ1v) is 8.95. The van der Waals surface area contributed by atoms with Gasteiger partial charge in [0.05, 0.1) is 12.0 Å². The van der Waals surface area contributed by atoms with Gasteiger partial charge in [-0.3, -0.25) is 4.79 Å². The Morgan fingerprint density at radius 2 is 1.72 bits per heavy atom. The molecule has 8 heteroatoms. The van der Waals surface area contributed by atoms with Gasteiger partial charge in [0.2, 0.25) is 5.91 Å². The molecule has 0 fully saturated rings. The Morgan fingerprint density at radius 3 is 2.20 bits per heavy atom. The molecule has 25 heavy (non-hydrogen) atoms. The molecule has 5 N–H and O–H groups in total. The van der Waals surface area contributed by atoms with Gasteiger partial charge in [-0.1, -0.05) is 30.3 Å². The Hall–Kier alpha value is -2.42. The lowest BCUT2D eigenvalue weighted by Gasteiger charge is -2.30. The average Bonchev–Trinajstić information content (AvgIpc) is 2.54.